The Morgan fingerprint density at radius 3 is 2.56 bits per heavy atom. The summed E-state index contributed by atoms with van der Waals surface area (Å²) in [6.45, 7) is 7.52. The van der Waals surface area contributed by atoms with Crippen LogP contribution in [-0.2, 0) is 0 Å². The predicted molar refractivity (Wildman–Crippen MR) is 74.8 cm³/mol. The molecule has 3 N–H and O–H groups in total. The number of hydrogen-bond acceptors (Lipinski definition) is 5. The van der Waals surface area contributed by atoms with Gasteiger partial charge in [0.05, 0.1) is 6.10 Å². The van der Waals surface area contributed by atoms with E-state index in [0.29, 0.717) is 18.4 Å². The molecule has 0 aromatic carbocycles. The first-order valence-electron chi connectivity index (χ1n) is 6.70. The topological polar surface area (TPSA) is 70.1 Å². The van der Waals surface area contributed by atoms with Crippen LogP contribution < -0.4 is 10.6 Å². The quantitative estimate of drug-likeness (QED) is 0.661. The Morgan fingerprint density at radius 1 is 1.22 bits per heavy atom. The van der Waals surface area contributed by atoms with Crippen molar-refractivity contribution in [3.63, 3.8) is 0 Å². The molecule has 0 saturated carbocycles. The van der Waals surface area contributed by atoms with Crippen molar-refractivity contribution >= 4 is 11.8 Å². The lowest BCUT2D eigenvalue weighted by molar-refractivity contribution is 0.114. The van der Waals surface area contributed by atoms with Gasteiger partial charge in [0, 0.05) is 19.3 Å². The summed E-state index contributed by atoms with van der Waals surface area (Å²) in [5.74, 6) is 1.69. The third kappa shape index (κ3) is 4.49. The first-order chi connectivity index (χ1) is 8.71. The summed E-state index contributed by atoms with van der Waals surface area (Å²) in [5.41, 5.74) is 0. The standard InChI is InChI=1S/C13H24N4O/c1-4-10(5-2)11(18)9-16-12-7-8-15-13(17-12)14-6-3/h7-8,10-11,18H,4-6,9H2,1-3H3,(H2,14,15,16,17). The molecule has 1 heterocycles. The number of nitrogens with one attached hydrogen (secondary N) is 2. The second-order valence-electron chi connectivity index (χ2n) is 4.32. The van der Waals surface area contributed by atoms with Crippen LogP contribution in [0.25, 0.3) is 0 Å². The molecule has 0 spiro atoms. The first kappa shape index (κ1) is 14.7. The van der Waals surface area contributed by atoms with Gasteiger partial charge in [0.1, 0.15) is 5.82 Å². The van der Waals surface area contributed by atoms with E-state index >= 15 is 0 Å². The van der Waals surface area contributed by atoms with Crippen LogP contribution >= 0.6 is 0 Å². The van der Waals surface area contributed by atoms with Crippen molar-refractivity contribution in [3.8, 4) is 0 Å². The van der Waals surface area contributed by atoms with E-state index in [1.807, 2.05) is 6.92 Å². The Labute approximate surface area is 109 Å². The number of hydrogen-bond donors (Lipinski definition) is 3. The number of aromatic nitrogens is 2. The number of rotatable bonds is 8. The summed E-state index contributed by atoms with van der Waals surface area (Å²) in [6, 6.07) is 1.81. The fraction of sp³-hybridized carbons (Fsp3) is 0.692. The van der Waals surface area contributed by atoms with Crippen LogP contribution in [0.1, 0.15) is 33.6 Å². The fourth-order valence-electron chi connectivity index (χ4n) is 1.91. The second-order valence-corrected chi connectivity index (χ2v) is 4.32. The predicted octanol–water partition coefficient (Wildman–Crippen LogP) is 2.12. The average Bonchev–Trinajstić information content (AvgIpc) is 2.39. The van der Waals surface area contributed by atoms with E-state index in [0.717, 1.165) is 25.2 Å². The first-order valence-corrected chi connectivity index (χ1v) is 6.70. The van der Waals surface area contributed by atoms with Crippen molar-refractivity contribution in [1.29, 1.82) is 0 Å². The SMILES string of the molecule is CCNc1nccc(NCC(O)C(CC)CC)n1. The van der Waals surface area contributed by atoms with Gasteiger partial charge in [-0.1, -0.05) is 26.7 Å². The Morgan fingerprint density at radius 2 is 1.94 bits per heavy atom. The summed E-state index contributed by atoms with van der Waals surface area (Å²) in [7, 11) is 0. The third-order valence-electron chi connectivity index (χ3n) is 3.08. The summed E-state index contributed by atoms with van der Waals surface area (Å²) < 4.78 is 0. The monoisotopic (exact) mass is 252 g/mol. The third-order valence-corrected chi connectivity index (χ3v) is 3.08. The Balaban J connectivity index is 2.49. The molecular formula is C13H24N4O. The number of anilines is 2. The molecule has 1 aromatic rings. The molecule has 5 heteroatoms. The van der Waals surface area contributed by atoms with E-state index in [1.165, 1.54) is 0 Å². The lowest BCUT2D eigenvalue weighted by Gasteiger charge is -2.20. The molecule has 0 amide bonds. The molecule has 0 radical (unpaired) electrons. The van der Waals surface area contributed by atoms with E-state index in [-0.39, 0.29) is 6.10 Å². The summed E-state index contributed by atoms with van der Waals surface area (Å²) in [5, 5.41) is 16.2. The minimum absolute atomic E-state index is 0.336. The zero-order valence-corrected chi connectivity index (χ0v) is 11.5. The van der Waals surface area contributed by atoms with Gasteiger partial charge in [-0.25, -0.2) is 4.98 Å². The van der Waals surface area contributed by atoms with E-state index in [2.05, 4.69) is 34.4 Å². The highest BCUT2D eigenvalue weighted by Gasteiger charge is 2.15. The van der Waals surface area contributed by atoms with E-state index < -0.39 is 0 Å². The average molecular weight is 252 g/mol. The van der Waals surface area contributed by atoms with Crippen LogP contribution in [0.2, 0.25) is 0 Å². The lowest BCUT2D eigenvalue weighted by atomic mass is 9.97. The van der Waals surface area contributed by atoms with Crippen molar-refractivity contribution in [2.45, 2.75) is 39.7 Å². The van der Waals surface area contributed by atoms with Crippen molar-refractivity contribution < 1.29 is 5.11 Å². The molecule has 0 aliphatic carbocycles. The van der Waals surface area contributed by atoms with Gasteiger partial charge in [-0.3, -0.25) is 0 Å². The van der Waals surface area contributed by atoms with Gasteiger partial charge in [-0.2, -0.15) is 4.98 Å². The molecule has 0 fully saturated rings. The highest BCUT2D eigenvalue weighted by Crippen LogP contribution is 2.14. The molecule has 1 rings (SSSR count). The Hall–Kier alpha value is -1.36. The number of aliphatic hydroxyl groups excluding tert-OH is 1. The molecule has 5 nitrogen and oxygen atoms in total. The van der Waals surface area contributed by atoms with Crippen LogP contribution in [0.3, 0.4) is 0 Å². The van der Waals surface area contributed by atoms with Gasteiger partial charge < -0.3 is 15.7 Å². The minimum atomic E-state index is -0.336. The van der Waals surface area contributed by atoms with Crippen LogP contribution in [0, 0.1) is 5.92 Å². The summed E-state index contributed by atoms with van der Waals surface area (Å²) in [4.78, 5) is 8.40. The van der Waals surface area contributed by atoms with E-state index in [9.17, 15) is 5.11 Å². The van der Waals surface area contributed by atoms with Gasteiger partial charge in [0.25, 0.3) is 0 Å². The molecule has 1 aromatic heterocycles. The molecule has 102 valence electrons. The maximum atomic E-state index is 10.0. The Bertz CT molecular complexity index is 342. The maximum Gasteiger partial charge on any atom is 0.224 e. The van der Waals surface area contributed by atoms with Crippen molar-refractivity contribution in [1.82, 2.24) is 9.97 Å². The highest BCUT2D eigenvalue weighted by atomic mass is 16.3. The van der Waals surface area contributed by atoms with Crippen molar-refractivity contribution in [2.24, 2.45) is 5.92 Å². The van der Waals surface area contributed by atoms with Crippen LogP contribution in [-0.4, -0.2) is 34.3 Å². The largest absolute Gasteiger partial charge is 0.391 e. The molecule has 0 saturated heterocycles. The number of aliphatic hydroxyl groups is 1. The minimum Gasteiger partial charge on any atom is -0.391 e. The normalized spacial score (nSPS) is 12.5. The molecule has 1 unspecified atom stereocenters. The second kappa shape index (κ2) is 7.87. The molecule has 0 aliphatic heterocycles. The van der Waals surface area contributed by atoms with Gasteiger partial charge in [0.15, 0.2) is 0 Å². The molecule has 0 bridgehead atoms. The zero-order chi connectivity index (χ0) is 13.4. The summed E-state index contributed by atoms with van der Waals surface area (Å²) >= 11 is 0. The number of nitrogens with zero attached hydrogens (tertiary/aromatic N) is 2. The van der Waals surface area contributed by atoms with Crippen molar-refractivity contribution in [3.05, 3.63) is 12.3 Å². The zero-order valence-electron chi connectivity index (χ0n) is 11.5. The summed E-state index contributed by atoms with van der Waals surface area (Å²) in [6.07, 6.45) is 3.35. The smallest absolute Gasteiger partial charge is 0.224 e. The molecule has 18 heavy (non-hydrogen) atoms. The van der Waals surface area contributed by atoms with Crippen LogP contribution in [0.5, 0.6) is 0 Å². The maximum absolute atomic E-state index is 10.0. The molecule has 0 aliphatic rings. The van der Waals surface area contributed by atoms with Gasteiger partial charge in [-0.15, -0.1) is 0 Å². The van der Waals surface area contributed by atoms with Crippen LogP contribution in [0.4, 0.5) is 11.8 Å². The Kier molecular flexibility index (Phi) is 6.43. The van der Waals surface area contributed by atoms with Gasteiger partial charge in [-0.05, 0) is 18.9 Å². The van der Waals surface area contributed by atoms with E-state index in [4.69, 9.17) is 0 Å². The van der Waals surface area contributed by atoms with Gasteiger partial charge in [0.2, 0.25) is 5.95 Å². The van der Waals surface area contributed by atoms with Crippen LogP contribution in [0.15, 0.2) is 12.3 Å². The van der Waals surface area contributed by atoms with Gasteiger partial charge >= 0.3 is 0 Å². The lowest BCUT2D eigenvalue weighted by Crippen LogP contribution is -2.28. The highest BCUT2D eigenvalue weighted by molar-refractivity contribution is 5.39. The van der Waals surface area contributed by atoms with Crippen molar-refractivity contribution in [2.75, 3.05) is 23.7 Å². The molecule has 1 atom stereocenters. The fourth-order valence-corrected chi connectivity index (χ4v) is 1.91. The molecular weight excluding hydrogens is 228 g/mol. The van der Waals surface area contributed by atoms with E-state index in [1.54, 1.807) is 12.3 Å².